The van der Waals surface area contributed by atoms with E-state index in [1.165, 1.54) is 12.3 Å². The van der Waals surface area contributed by atoms with Crippen molar-refractivity contribution < 1.29 is 14.3 Å². The van der Waals surface area contributed by atoms with Gasteiger partial charge in [0.25, 0.3) is 0 Å². The van der Waals surface area contributed by atoms with Crippen LogP contribution in [0.3, 0.4) is 0 Å². The third-order valence-electron chi connectivity index (χ3n) is 2.86. The van der Waals surface area contributed by atoms with Gasteiger partial charge in [0.2, 0.25) is 0 Å². The minimum atomic E-state index is -0.768. The molecule has 124 valence electrons. The molecule has 5 nitrogen and oxygen atoms in total. The molecule has 2 aromatic rings. The minimum absolute atomic E-state index is 0.0847. The molecule has 0 saturated heterocycles. The van der Waals surface area contributed by atoms with Gasteiger partial charge in [-0.15, -0.1) is 0 Å². The highest BCUT2D eigenvalue weighted by Crippen LogP contribution is 2.28. The van der Waals surface area contributed by atoms with Crippen LogP contribution in [0.1, 0.15) is 37.6 Å². The molecular formula is C17H15ClFN3O2. The first kappa shape index (κ1) is 17.7. The summed E-state index contributed by atoms with van der Waals surface area (Å²) in [5.41, 5.74) is 0.00452. The summed E-state index contributed by atoms with van der Waals surface area (Å²) in [4.78, 5) is 9.55. The number of hydrogen-bond donors (Lipinski definition) is 1. The normalized spacial score (nSPS) is 11.9. The number of benzene rings is 1. The van der Waals surface area contributed by atoms with Crippen LogP contribution in [0, 0.1) is 17.1 Å². The molecule has 7 heteroatoms. The zero-order chi connectivity index (χ0) is 17.9. The van der Waals surface area contributed by atoms with Gasteiger partial charge >= 0.3 is 0 Å². The predicted molar refractivity (Wildman–Crippen MR) is 88.5 cm³/mol. The van der Waals surface area contributed by atoms with E-state index >= 15 is 0 Å². The van der Waals surface area contributed by atoms with Crippen LogP contribution in [0.15, 0.2) is 35.6 Å². The fraction of sp³-hybridized carbons (Fsp3) is 0.235. The van der Waals surface area contributed by atoms with Crippen molar-refractivity contribution in [1.29, 1.82) is 5.26 Å². The lowest BCUT2D eigenvalue weighted by Crippen LogP contribution is -2.18. The van der Waals surface area contributed by atoms with Crippen molar-refractivity contribution in [3.63, 3.8) is 0 Å². The quantitative estimate of drug-likeness (QED) is 0.672. The SMILES string of the molecule is CC(C)(C)O/N=C(/c1cc(Cl)c(F)cc1O)c1ncccc1C#N. The molecule has 0 radical (unpaired) electrons. The summed E-state index contributed by atoms with van der Waals surface area (Å²) >= 11 is 5.81. The summed E-state index contributed by atoms with van der Waals surface area (Å²) < 4.78 is 13.5. The smallest absolute Gasteiger partial charge is 0.145 e. The Morgan fingerprint density at radius 1 is 1.42 bits per heavy atom. The number of phenolic OH excluding ortho intramolecular Hbond substituents is 1. The fourth-order valence-electron chi connectivity index (χ4n) is 1.81. The summed E-state index contributed by atoms with van der Waals surface area (Å²) in [7, 11) is 0. The lowest BCUT2D eigenvalue weighted by Gasteiger charge is -2.18. The third kappa shape index (κ3) is 4.00. The summed E-state index contributed by atoms with van der Waals surface area (Å²) in [5, 5.41) is 23.2. The van der Waals surface area contributed by atoms with Gasteiger partial charge in [-0.3, -0.25) is 4.98 Å². The molecule has 0 saturated carbocycles. The Hall–Kier alpha value is -2.65. The van der Waals surface area contributed by atoms with Gasteiger partial charge in [0.1, 0.15) is 34.6 Å². The first-order valence-corrected chi connectivity index (χ1v) is 7.41. The molecule has 1 heterocycles. The van der Waals surface area contributed by atoms with E-state index in [-0.39, 0.29) is 33.3 Å². The van der Waals surface area contributed by atoms with Crippen LogP contribution < -0.4 is 0 Å². The molecule has 0 fully saturated rings. The molecule has 0 unspecified atom stereocenters. The van der Waals surface area contributed by atoms with Crippen LogP contribution >= 0.6 is 11.6 Å². The number of phenols is 1. The fourth-order valence-corrected chi connectivity index (χ4v) is 1.98. The summed E-state index contributed by atoms with van der Waals surface area (Å²) in [6.45, 7) is 5.36. The van der Waals surface area contributed by atoms with Gasteiger partial charge in [0, 0.05) is 17.8 Å². The number of hydrogen-bond acceptors (Lipinski definition) is 5. The van der Waals surface area contributed by atoms with Crippen molar-refractivity contribution in [1.82, 2.24) is 4.98 Å². The number of aromatic hydroxyl groups is 1. The average molecular weight is 348 g/mol. The zero-order valence-electron chi connectivity index (χ0n) is 13.3. The number of nitrogens with zero attached hydrogens (tertiary/aromatic N) is 3. The minimum Gasteiger partial charge on any atom is -0.507 e. The molecule has 0 aliphatic rings. The van der Waals surface area contributed by atoms with Crippen molar-refractivity contribution in [2.24, 2.45) is 5.16 Å². The van der Waals surface area contributed by atoms with Crippen molar-refractivity contribution in [3.8, 4) is 11.8 Å². The van der Waals surface area contributed by atoms with Gasteiger partial charge in [0.15, 0.2) is 0 Å². The number of oxime groups is 1. The van der Waals surface area contributed by atoms with Crippen molar-refractivity contribution >= 4 is 17.3 Å². The summed E-state index contributed by atoms with van der Waals surface area (Å²) in [6.07, 6.45) is 1.48. The van der Waals surface area contributed by atoms with E-state index in [0.29, 0.717) is 0 Å². The van der Waals surface area contributed by atoms with Crippen LogP contribution in [-0.4, -0.2) is 21.4 Å². The maximum Gasteiger partial charge on any atom is 0.145 e. The molecule has 2 rings (SSSR count). The summed E-state index contributed by atoms with van der Waals surface area (Å²) in [6, 6.07) is 7.24. The van der Waals surface area contributed by atoms with Gasteiger partial charge in [-0.1, -0.05) is 16.8 Å². The molecule has 0 aliphatic carbocycles. The Balaban J connectivity index is 2.69. The number of nitriles is 1. The van der Waals surface area contributed by atoms with Crippen molar-refractivity contribution in [2.45, 2.75) is 26.4 Å². The predicted octanol–water partition coefficient (Wildman–Crippen LogP) is 4.02. The van der Waals surface area contributed by atoms with E-state index in [2.05, 4.69) is 10.1 Å². The topological polar surface area (TPSA) is 78.5 Å². The lowest BCUT2D eigenvalue weighted by molar-refractivity contribution is 0.00111. The molecule has 1 aromatic carbocycles. The molecule has 0 spiro atoms. The van der Waals surface area contributed by atoms with Gasteiger partial charge in [-0.25, -0.2) is 4.39 Å². The maximum absolute atomic E-state index is 13.5. The highest BCUT2D eigenvalue weighted by atomic mass is 35.5. The number of rotatable bonds is 3. The van der Waals surface area contributed by atoms with E-state index in [4.69, 9.17) is 16.4 Å². The molecule has 1 aromatic heterocycles. The first-order chi connectivity index (χ1) is 11.2. The second-order valence-electron chi connectivity index (χ2n) is 5.94. The van der Waals surface area contributed by atoms with Crippen molar-refractivity contribution in [3.05, 3.63) is 58.1 Å². The lowest BCUT2D eigenvalue weighted by atomic mass is 10.0. The van der Waals surface area contributed by atoms with Crippen LogP contribution in [0.2, 0.25) is 5.02 Å². The molecule has 0 bridgehead atoms. The van der Waals surface area contributed by atoms with E-state index in [1.807, 2.05) is 6.07 Å². The van der Waals surface area contributed by atoms with E-state index < -0.39 is 11.4 Å². The Kier molecular flexibility index (Phi) is 5.05. The Morgan fingerprint density at radius 2 is 2.12 bits per heavy atom. The molecule has 0 amide bonds. The van der Waals surface area contributed by atoms with Gasteiger partial charge < -0.3 is 9.94 Å². The molecular weight excluding hydrogens is 333 g/mol. The van der Waals surface area contributed by atoms with E-state index in [0.717, 1.165) is 6.07 Å². The van der Waals surface area contributed by atoms with E-state index in [1.54, 1.807) is 32.9 Å². The molecule has 0 atom stereocenters. The highest BCUT2D eigenvalue weighted by molar-refractivity contribution is 6.31. The second kappa shape index (κ2) is 6.85. The van der Waals surface area contributed by atoms with Gasteiger partial charge in [-0.2, -0.15) is 5.26 Å². The van der Waals surface area contributed by atoms with E-state index in [9.17, 15) is 14.8 Å². The molecule has 0 aliphatic heterocycles. The number of halogens is 2. The maximum atomic E-state index is 13.5. The zero-order valence-corrected chi connectivity index (χ0v) is 14.1. The van der Waals surface area contributed by atoms with Crippen LogP contribution in [0.25, 0.3) is 0 Å². The Bertz CT molecular complexity index is 839. The number of aromatic nitrogens is 1. The van der Waals surface area contributed by atoms with Crippen molar-refractivity contribution in [2.75, 3.05) is 0 Å². The molecule has 1 N–H and O–H groups in total. The van der Waals surface area contributed by atoms with Gasteiger partial charge in [-0.05, 0) is 39.0 Å². The number of pyridine rings is 1. The average Bonchev–Trinajstić information content (AvgIpc) is 2.51. The van der Waals surface area contributed by atoms with Crippen LogP contribution in [0.5, 0.6) is 5.75 Å². The molecule has 24 heavy (non-hydrogen) atoms. The first-order valence-electron chi connectivity index (χ1n) is 7.03. The van der Waals surface area contributed by atoms with Crippen LogP contribution in [-0.2, 0) is 4.84 Å². The largest absolute Gasteiger partial charge is 0.507 e. The monoisotopic (exact) mass is 347 g/mol. The van der Waals surface area contributed by atoms with Gasteiger partial charge in [0.05, 0.1) is 10.6 Å². The third-order valence-corrected chi connectivity index (χ3v) is 3.15. The Labute approximate surface area is 144 Å². The van der Waals surface area contributed by atoms with Crippen LogP contribution in [0.4, 0.5) is 4.39 Å². The standard InChI is InChI=1S/C17H15ClFN3O2/c1-17(2,3)24-22-16(15-10(9-20)5-4-6-21-15)11-7-12(18)13(19)8-14(11)23/h4-8,23H,1-3H3/b22-16-. The summed E-state index contributed by atoms with van der Waals surface area (Å²) in [5.74, 6) is -1.15. The second-order valence-corrected chi connectivity index (χ2v) is 6.35. The highest BCUT2D eigenvalue weighted by Gasteiger charge is 2.21. The Morgan fingerprint density at radius 3 is 2.75 bits per heavy atom.